The SMILES string of the molecule is CCCS(=O)(=O)CCNc1cc(F)c(Br)cc1C. The van der Waals surface area contributed by atoms with Crippen molar-refractivity contribution in [3.05, 3.63) is 28.0 Å². The Morgan fingerprint density at radius 1 is 1.33 bits per heavy atom. The van der Waals surface area contributed by atoms with Crippen LogP contribution >= 0.6 is 15.9 Å². The molecule has 0 atom stereocenters. The van der Waals surface area contributed by atoms with Crippen LogP contribution in [0.15, 0.2) is 16.6 Å². The van der Waals surface area contributed by atoms with E-state index in [1.165, 1.54) is 6.07 Å². The van der Waals surface area contributed by atoms with Crippen molar-refractivity contribution in [2.75, 3.05) is 23.4 Å². The molecule has 0 radical (unpaired) electrons. The summed E-state index contributed by atoms with van der Waals surface area (Å²) in [5.41, 5.74) is 1.50. The van der Waals surface area contributed by atoms with Gasteiger partial charge >= 0.3 is 0 Å². The Bertz CT molecular complexity index is 517. The summed E-state index contributed by atoms with van der Waals surface area (Å²) in [6, 6.07) is 3.03. The Hall–Kier alpha value is -0.620. The average Bonchev–Trinajstić information content (AvgIpc) is 2.25. The number of rotatable bonds is 6. The standard InChI is InChI=1S/C12H17BrFNO2S/c1-3-5-18(16,17)6-4-15-12-8-11(14)10(13)7-9(12)2/h7-8,15H,3-6H2,1-2H3. The predicted molar refractivity (Wildman–Crippen MR) is 76.3 cm³/mol. The van der Waals surface area contributed by atoms with Crippen LogP contribution in [0.4, 0.5) is 10.1 Å². The molecule has 0 aliphatic rings. The summed E-state index contributed by atoms with van der Waals surface area (Å²) in [6.07, 6.45) is 0.619. The van der Waals surface area contributed by atoms with E-state index in [4.69, 9.17) is 0 Å². The molecule has 6 heteroatoms. The van der Waals surface area contributed by atoms with Gasteiger partial charge in [0, 0.05) is 18.0 Å². The maximum absolute atomic E-state index is 13.3. The van der Waals surface area contributed by atoms with Gasteiger partial charge in [0.1, 0.15) is 5.82 Å². The van der Waals surface area contributed by atoms with E-state index >= 15 is 0 Å². The Balaban J connectivity index is 2.62. The van der Waals surface area contributed by atoms with E-state index in [1.54, 1.807) is 6.07 Å². The molecule has 1 aromatic carbocycles. The van der Waals surface area contributed by atoms with Gasteiger partial charge in [-0.05, 0) is 47.0 Å². The molecule has 0 saturated heterocycles. The van der Waals surface area contributed by atoms with Crippen molar-refractivity contribution in [1.82, 2.24) is 0 Å². The van der Waals surface area contributed by atoms with E-state index in [1.807, 2.05) is 13.8 Å². The molecule has 0 spiro atoms. The Kier molecular flexibility index (Phi) is 5.59. The number of nitrogens with one attached hydrogen (secondary N) is 1. The fourth-order valence-corrected chi connectivity index (χ4v) is 3.29. The maximum atomic E-state index is 13.3. The van der Waals surface area contributed by atoms with Crippen molar-refractivity contribution in [2.45, 2.75) is 20.3 Å². The smallest absolute Gasteiger partial charge is 0.152 e. The highest BCUT2D eigenvalue weighted by Gasteiger charge is 2.10. The van der Waals surface area contributed by atoms with E-state index in [0.717, 1.165) is 5.56 Å². The first kappa shape index (κ1) is 15.4. The zero-order valence-electron chi connectivity index (χ0n) is 10.5. The van der Waals surface area contributed by atoms with Crippen molar-refractivity contribution in [2.24, 2.45) is 0 Å². The first-order chi connectivity index (χ1) is 8.35. The van der Waals surface area contributed by atoms with Gasteiger partial charge in [0.2, 0.25) is 0 Å². The van der Waals surface area contributed by atoms with E-state index < -0.39 is 9.84 Å². The van der Waals surface area contributed by atoms with E-state index in [9.17, 15) is 12.8 Å². The van der Waals surface area contributed by atoms with E-state index in [-0.39, 0.29) is 17.3 Å². The third-order valence-electron chi connectivity index (χ3n) is 2.51. The second kappa shape index (κ2) is 6.52. The lowest BCUT2D eigenvalue weighted by Crippen LogP contribution is -2.18. The Morgan fingerprint density at radius 3 is 2.61 bits per heavy atom. The van der Waals surface area contributed by atoms with Crippen molar-refractivity contribution in [3.8, 4) is 0 Å². The lowest BCUT2D eigenvalue weighted by atomic mass is 10.2. The van der Waals surface area contributed by atoms with Crippen molar-refractivity contribution < 1.29 is 12.8 Å². The fraction of sp³-hybridized carbons (Fsp3) is 0.500. The topological polar surface area (TPSA) is 46.2 Å². The minimum absolute atomic E-state index is 0.0674. The number of halogens is 2. The molecule has 1 N–H and O–H groups in total. The van der Waals surface area contributed by atoms with Crippen LogP contribution in [0.1, 0.15) is 18.9 Å². The molecule has 102 valence electrons. The molecule has 0 aliphatic heterocycles. The number of hydrogen-bond acceptors (Lipinski definition) is 3. The lowest BCUT2D eigenvalue weighted by Gasteiger charge is -2.10. The summed E-state index contributed by atoms with van der Waals surface area (Å²) >= 11 is 3.10. The molecule has 0 aromatic heterocycles. The second-order valence-electron chi connectivity index (χ2n) is 4.16. The number of sulfone groups is 1. The minimum atomic E-state index is -3.00. The minimum Gasteiger partial charge on any atom is -0.384 e. The molecule has 1 aromatic rings. The highest BCUT2D eigenvalue weighted by Crippen LogP contribution is 2.23. The summed E-state index contributed by atoms with van der Waals surface area (Å²) < 4.78 is 36.8. The van der Waals surface area contributed by atoms with Crippen LogP contribution in [0.5, 0.6) is 0 Å². The van der Waals surface area contributed by atoms with Gasteiger partial charge in [-0.1, -0.05) is 6.92 Å². The quantitative estimate of drug-likeness (QED) is 0.867. The normalized spacial score (nSPS) is 11.6. The summed E-state index contributed by atoms with van der Waals surface area (Å²) in [4.78, 5) is 0. The van der Waals surface area contributed by atoms with Gasteiger partial charge in [0.05, 0.1) is 10.2 Å². The fourth-order valence-electron chi connectivity index (χ4n) is 1.59. The van der Waals surface area contributed by atoms with Gasteiger partial charge in [-0.2, -0.15) is 0 Å². The third kappa shape index (κ3) is 4.57. The number of benzene rings is 1. The highest BCUT2D eigenvalue weighted by atomic mass is 79.9. The molecule has 0 fully saturated rings. The van der Waals surface area contributed by atoms with E-state index in [2.05, 4.69) is 21.2 Å². The lowest BCUT2D eigenvalue weighted by molar-refractivity contribution is 0.595. The van der Waals surface area contributed by atoms with Gasteiger partial charge in [0.25, 0.3) is 0 Å². The van der Waals surface area contributed by atoms with Gasteiger partial charge in [0.15, 0.2) is 9.84 Å². The predicted octanol–water partition coefficient (Wildman–Crippen LogP) is 3.13. The molecule has 3 nitrogen and oxygen atoms in total. The van der Waals surface area contributed by atoms with Crippen LogP contribution in [0.25, 0.3) is 0 Å². The number of anilines is 1. The van der Waals surface area contributed by atoms with Gasteiger partial charge in [-0.15, -0.1) is 0 Å². The van der Waals surface area contributed by atoms with Crippen LogP contribution in [-0.2, 0) is 9.84 Å². The first-order valence-corrected chi connectivity index (χ1v) is 8.37. The summed E-state index contributed by atoms with van der Waals surface area (Å²) in [7, 11) is -3.00. The van der Waals surface area contributed by atoms with Crippen LogP contribution in [-0.4, -0.2) is 26.5 Å². The van der Waals surface area contributed by atoms with Gasteiger partial charge in [-0.25, -0.2) is 12.8 Å². The molecule has 0 saturated carbocycles. The first-order valence-electron chi connectivity index (χ1n) is 5.75. The molecule has 0 unspecified atom stereocenters. The zero-order valence-corrected chi connectivity index (χ0v) is 12.9. The second-order valence-corrected chi connectivity index (χ2v) is 7.32. The Morgan fingerprint density at radius 2 is 2.00 bits per heavy atom. The monoisotopic (exact) mass is 337 g/mol. The number of aryl methyl sites for hydroxylation is 1. The highest BCUT2D eigenvalue weighted by molar-refractivity contribution is 9.10. The summed E-state index contributed by atoms with van der Waals surface area (Å²) in [5.74, 6) is -0.0973. The molecule has 0 aliphatic carbocycles. The molecule has 0 amide bonds. The van der Waals surface area contributed by atoms with Crippen LogP contribution < -0.4 is 5.32 Å². The average molecular weight is 338 g/mol. The van der Waals surface area contributed by atoms with Crippen molar-refractivity contribution >= 4 is 31.5 Å². The zero-order chi connectivity index (χ0) is 13.8. The molecule has 18 heavy (non-hydrogen) atoms. The molecular weight excluding hydrogens is 321 g/mol. The molecule has 1 rings (SSSR count). The third-order valence-corrected chi connectivity index (χ3v) is 4.98. The van der Waals surface area contributed by atoms with Crippen molar-refractivity contribution in [3.63, 3.8) is 0 Å². The summed E-state index contributed by atoms with van der Waals surface area (Å²) in [6.45, 7) is 3.97. The largest absolute Gasteiger partial charge is 0.384 e. The van der Waals surface area contributed by atoms with Gasteiger partial charge < -0.3 is 5.32 Å². The van der Waals surface area contributed by atoms with Crippen molar-refractivity contribution in [1.29, 1.82) is 0 Å². The van der Waals surface area contributed by atoms with Gasteiger partial charge in [-0.3, -0.25) is 0 Å². The van der Waals surface area contributed by atoms with Crippen LogP contribution in [0.2, 0.25) is 0 Å². The Labute approximate surface area is 116 Å². The number of hydrogen-bond donors (Lipinski definition) is 1. The van der Waals surface area contributed by atoms with Crippen LogP contribution in [0, 0.1) is 12.7 Å². The molecular formula is C12H17BrFNO2S. The molecule has 0 bridgehead atoms. The maximum Gasteiger partial charge on any atom is 0.152 e. The molecule has 0 heterocycles. The van der Waals surface area contributed by atoms with Crippen LogP contribution in [0.3, 0.4) is 0 Å². The summed E-state index contributed by atoms with van der Waals surface area (Å²) in [5, 5.41) is 2.96. The van der Waals surface area contributed by atoms with E-state index in [0.29, 0.717) is 23.1 Å².